The molecule has 0 aliphatic rings. The van der Waals surface area contributed by atoms with Crippen LogP contribution in [0.4, 0.5) is 0 Å². The van der Waals surface area contributed by atoms with Gasteiger partial charge in [0.05, 0.1) is 5.02 Å². The fourth-order valence-electron chi connectivity index (χ4n) is 1.38. The minimum atomic E-state index is 0.196. The van der Waals surface area contributed by atoms with Crippen LogP contribution in [0, 0.1) is 0 Å². The van der Waals surface area contributed by atoms with Crippen molar-refractivity contribution in [1.82, 2.24) is 10.2 Å². The molecule has 0 aliphatic heterocycles. The molecular weight excluding hydrogens is 240 g/mol. The molecule has 4 heteroatoms. The largest absolute Gasteiger partial charge is 0.311 e. The summed E-state index contributed by atoms with van der Waals surface area (Å²) in [6, 6.07) is 1.96. The standard InChI is InChI=1S/C12H21ClN2S/c1-12(2,3)14-6-7-15(4)9-11-10(13)5-8-16-11/h5,8,14H,6-7,9H2,1-4H3. The zero-order chi connectivity index (χ0) is 12.2. The molecule has 0 saturated heterocycles. The molecule has 0 saturated carbocycles. The van der Waals surface area contributed by atoms with Crippen LogP contribution < -0.4 is 5.32 Å². The van der Waals surface area contributed by atoms with Crippen LogP contribution >= 0.6 is 22.9 Å². The summed E-state index contributed by atoms with van der Waals surface area (Å²) in [5.41, 5.74) is 0.196. The summed E-state index contributed by atoms with van der Waals surface area (Å²) in [5, 5.41) is 6.41. The second kappa shape index (κ2) is 6.01. The van der Waals surface area contributed by atoms with Crippen molar-refractivity contribution in [3.05, 3.63) is 21.3 Å². The number of nitrogens with one attached hydrogen (secondary N) is 1. The van der Waals surface area contributed by atoms with Crippen molar-refractivity contribution in [2.75, 3.05) is 20.1 Å². The van der Waals surface area contributed by atoms with Gasteiger partial charge >= 0.3 is 0 Å². The van der Waals surface area contributed by atoms with Gasteiger partial charge < -0.3 is 5.32 Å². The molecule has 16 heavy (non-hydrogen) atoms. The maximum absolute atomic E-state index is 6.06. The third-order valence-corrected chi connectivity index (χ3v) is 3.63. The molecule has 0 fully saturated rings. The van der Waals surface area contributed by atoms with Crippen molar-refractivity contribution < 1.29 is 0 Å². The summed E-state index contributed by atoms with van der Waals surface area (Å²) in [7, 11) is 2.13. The van der Waals surface area contributed by atoms with Crippen LogP contribution in [0.2, 0.25) is 5.02 Å². The maximum atomic E-state index is 6.06. The monoisotopic (exact) mass is 260 g/mol. The number of thiophene rings is 1. The highest BCUT2D eigenvalue weighted by Crippen LogP contribution is 2.22. The first-order valence-electron chi connectivity index (χ1n) is 5.54. The molecule has 1 aromatic heterocycles. The van der Waals surface area contributed by atoms with E-state index >= 15 is 0 Å². The molecule has 92 valence electrons. The van der Waals surface area contributed by atoms with Gasteiger partial charge in [0, 0.05) is 30.1 Å². The normalized spacial score (nSPS) is 12.4. The highest BCUT2D eigenvalue weighted by Gasteiger charge is 2.09. The summed E-state index contributed by atoms with van der Waals surface area (Å²) in [5.74, 6) is 0. The lowest BCUT2D eigenvalue weighted by Crippen LogP contribution is -2.40. The average Bonchev–Trinajstić information content (AvgIpc) is 2.49. The molecule has 0 amide bonds. The predicted molar refractivity (Wildman–Crippen MR) is 73.4 cm³/mol. The van der Waals surface area contributed by atoms with E-state index in [1.807, 2.05) is 11.4 Å². The lowest BCUT2D eigenvalue weighted by Gasteiger charge is -2.23. The summed E-state index contributed by atoms with van der Waals surface area (Å²) >= 11 is 7.78. The Labute approximate surface area is 108 Å². The second-order valence-electron chi connectivity index (χ2n) is 5.11. The lowest BCUT2D eigenvalue weighted by atomic mass is 10.1. The third-order valence-electron chi connectivity index (χ3n) is 2.25. The molecule has 1 heterocycles. The molecule has 2 nitrogen and oxygen atoms in total. The summed E-state index contributed by atoms with van der Waals surface area (Å²) < 4.78 is 0. The Hall–Kier alpha value is -0.0900. The minimum absolute atomic E-state index is 0.196. The van der Waals surface area contributed by atoms with Gasteiger partial charge in [0.1, 0.15) is 0 Å². The Morgan fingerprint density at radius 3 is 2.62 bits per heavy atom. The summed E-state index contributed by atoms with van der Waals surface area (Å²) in [4.78, 5) is 3.54. The van der Waals surface area contributed by atoms with Gasteiger partial charge in [-0.15, -0.1) is 11.3 Å². The van der Waals surface area contributed by atoms with Crippen molar-refractivity contribution in [1.29, 1.82) is 0 Å². The molecule has 0 unspecified atom stereocenters. The zero-order valence-electron chi connectivity index (χ0n) is 10.5. The Morgan fingerprint density at radius 2 is 2.12 bits per heavy atom. The van der Waals surface area contributed by atoms with Gasteiger partial charge in [-0.1, -0.05) is 11.6 Å². The highest BCUT2D eigenvalue weighted by atomic mass is 35.5. The van der Waals surface area contributed by atoms with E-state index in [1.54, 1.807) is 11.3 Å². The highest BCUT2D eigenvalue weighted by molar-refractivity contribution is 7.10. The van der Waals surface area contributed by atoms with Gasteiger partial charge in [-0.25, -0.2) is 0 Å². The van der Waals surface area contributed by atoms with Crippen molar-refractivity contribution in [3.8, 4) is 0 Å². The fraction of sp³-hybridized carbons (Fsp3) is 0.667. The Kier molecular flexibility index (Phi) is 5.25. The third kappa shape index (κ3) is 5.30. The second-order valence-corrected chi connectivity index (χ2v) is 6.51. The average molecular weight is 261 g/mol. The van der Waals surface area contributed by atoms with Crippen molar-refractivity contribution in [2.45, 2.75) is 32.9 Å². The van der Waals surface area contributed by atoms with E-state index < -0.39 is 0 Å². The number of hydrogen-bond donors (Lipinski definition) is 1. The topological polar surface area (TPSA) is 15.3 Å². The zero-order valence-corrected chi connectivity index (χ0v) is 12.1. The van der Waals surface area contributed by atoms with Crippen molar-refractivity contribution >= 4 is 22.9 Å². The molecule has 0 aromatic carbocycles. The fourth-order valence-corrected chi connectivity index (χ4v) is 2.56. The molecule has 0 spiro atoms. The lowest BCUT2D eigenvalue weighted by molar-refractivity contribution is 0.305. The molecular formula is C12H21ClN2S. The molecule has 0 bridgehead atoms. The summed E-state index contributed by atoms with van der Waals surface area (Å²) in [6.45, 7) is 9.52. The molecule has 0 radical (unpaired) electrons. The molecule has 0 aliphatic carbocycles. The van der Waals surface area contributed by atoms with E-state index in [0.717, 1.165) is 24.7 Å². The van der Waals surface area contributed by atoms with Crippen LogP contribution in [0.15, 0.2) is 11.4 Å². The van der Waals surface area contributed by atoms with Gasteiger partial charge in [-0.2, -0.15) is 0 Å². The number of nitrogens with zero attached hydrogens (tertiary/aromatic N) is 1. The van der Waals surface area contributed by atoms with Crippen LogP contribution in [0.5, 0.6) is 0 Å². The van der Waals surface area contributed by atoms with Gasteiger partial charge in [0.25, 0.3) is 0 Å². The first kappa shape index (κ1) is 14.0. The van der Waals surface area contributed by atoms with Gasteiger partial charge in [-0.05, 0) is 39.3 Å². The van der Waals surface area contributed by atoms with Gasteiger partial charge in [0.15, 0.2) is 0 Å². The van der Waals surface area contributed by atoms with Crippen LogP contribution in [0.3, 0.4) is 0 Å². The van der Waals surface area contributed by atoms with Crippen LogP contribution in [0.1, 0.15) is 25.6 Å². The van der Waals surface area contributed by atoms with Crippen molar-refractivity contribution in [3.63, 3.8) is 0 Å². The van der Waals surface area contributed by atoms with E-state index in [-0.39, 0.29) is 5.54 Å². The van der Waals surface area contributed by atoms with Crippen LogP contribution in [-0.4, -0.2) is 30.6 Å². The SMILES string of the molecule is CN(CCNC(C)(C)C)Cc1sccc1Cl. The quantitative estimate of drug-likeness (QED) is 0.875. The Balaban J connectivity index is 2.26. The maximum Gasteiger partial charge on any atom is 0.0558 e. The Bertz CT molecular complexity index is 317. The van der Waals surface area contributed by atoms with Gasteiger partial charge in [0.2, 0.25) is 0 Å². The van der Waals surface area contributed by atoms with Gasteiger partial charge in [-0.3, -0.25) is 4.90 Å². The number of likely N-dealkylation sites (N-methyl/N-ethyl adjacent to an activating group) is 1. The van der Waals surface area contributed by atoms with Crippen molar-refractivity contribution in [2.24, 2.45) is 0 Å². The van der Waals surface area contributed by atoms with E-state index in [4.69, 9.17) is 11.6 Å². The van der Waals surface area contributed by atoms with E-state index in [0.29, 0.717) is 0 Å². The van der Waals surface area contributed by atoms with E-state index in [2.05, 4.69) is 38.0 Å². The first-order valence-corrected chi connectivity index (χ1v) is 6.80. The first-order chi connectivity index (χ1) is 7.38. The van der Waals surface area contributed by atoms with Crippen LogP contribution in [0.25, 0.3) is 0 Å². The number of rotatable bonds is 5. The molecule has 1 N–H and O–H groups in total. The molecule has 1 rings (SSSR count). The Morgan fingerprint density at radius 1 is 1.44 bits per heavy atom. The minimum Gasteiger partial charge on any atom is -0.311 e. The molecule has 1 aromatic rings. The van der Waals surface area contributed by atoms with E-state index in [9.17, 15) is 0 Å². The molecule has 0 atom stereocenters. The summed E-state index contributed by atoms with van der Waals surface area (Å²) in [6.07, 6.45) is 0. The number of halogens is 1. The number of hydrogen-bond acceptors (Lipinski definition) is 3. The smallest absolute Gasteiger partial charge is 0.0558 e. The predicted octanol–water partition coefficient (Wildman–Crippen LogP) is 3.22. The van der Waals surface area contributed by atoms with Crippen LogP contribution in [-0.2, 0) is 6.54 Å². The van der Waals surface area contributed by atoms with E-state index in [1.165, 1.54) is 4.88 Å².